The van der Waals surface area contributed by atoms with E-state index in [0.29, 0.717) is 29.3 Å². The second kappa shape index (κ2) is 7.52. The number of hydrogen-bond acceptors (Lipinski definition) is 3. The van der Waals surface area contributed by atoms with Crippen molar-refractivity contribution in [3.05, 3.63) is 64.4 Å². The highest BCUT2D eigenvalue weighted by Gasteiger charge is 2.12. The first-order valence-corrected chi connectivity index (χ1v) is 8.82. The van der Waals surface area contributed by atoms with Crippen LogP contribution in [0.1, 0.15) is 30.6 Å². The molecule has 1 aromatic heterocycles. The summed E-state index contributed by atoms with van der Waals surface area (Å²) >= 11 is 0. The van der Waals surface area contributed by atoms with E-state index in [2.05, 4.69) is 24.1 Å². The Labute approximate surface area is 152 Å². The SMILES string of the molecule is CC(C)CCNC(=O)c1ccc(-c2nc3ccccc3n(C)c2=O)cc1. The average Bonchev–Trinajstić information content (AvgIpc) is 2.64. The highest BCUT2D eigenvalue weighted by atomic mass is 16.1. The molecule has 0 bridgehead atoms. The maximum Gasteiger partial charge on any atom is 0.277 e. The van der Waals surface area contributed by atoms with E-state index in [1.807, 2.05) is 24.3 Å². The first kappa shape index (κ1) is 17.9. The van der Waals surface area contributed by atoms with Crippen LogP contribution in [0.25, 0.3) is 22.3 Å². The summed E-state index contributed by atoms with van der Waals surface area (Å²) < 4.78 is 1.60. The van der Waals surface area contributed by atoms with Crippen molar-refractivity contribution in [2.75, 3.05) is 6.54 Å². The van der Waals surface area contributed by atoms with Crippen LogP contribution in [0.3, 0.4) is 0 Å². The van der Waals surface area contributed by atoms with Crippen molar-refractivity contribution in [3.63, 3.8) is 0 Å². The van der Waals surface area contributed by atoms with Crippen LogP contribution >= 0.6 is 0 Å². The lowest BCUT2D eigenvalue weighted by molar-refractivity contribution is 0.0952. The highest BCUT2D eigenvalue weighted by Crippen LogP contribution is 2.18. The van der Waals surface area contributed by atoms with Crippen LogP contribution in [0.15, 0.2) is 53.3 Å². The Hall–Kier alpha value is -2.95. The predicted octanol–water partition coefficient (Wildman–Crippen LogP) is 3.38. The van der Waals surface area contributed by atoms with Gasteiger partial charge in [0, 0.05) is 24.7 Å². The standard InChI is InChI=1S/C21H23N3O2/c1-14(2)12-13-22-20(25)16-10-8-15(9-11-16)19-21(26)24(3)18-7-5-4-6-17(18)23-19/h4-11,14H,12-13H2,1-3H3,(H,22,25). The summed E-state index contributed by atoms with van der Waals surface area (Å²) in [5.74, 6) is 0.449. The molecule has 0 unspecified atom stereocenters. The van der Waals surface area contributed by atoms with Gasteiger partial charge in [0.25, 0.3) is 11.5 Å². The number of rotatable bonds is 5. The molecule has 1 N–H and O–H groups in total. The molecule has 0 radical (unpaired) electrons. The Kier molecular flexibility index (Phi) is 5.16. The zero-order valence-electron chi connectivity index (χ0n) is 15.3. The minimum atomic E-state index is -0.155. The molecule has 5 nitrogen and oxygen atoms in total. The molecule has 1 heterocycles. The Morgan fingerprint density at radius 2 is 1.81 bits per heavy atom. The van der Waals surface area contributed by atoms with Crippen molar-refractivity contribution in [1.29, 1.82) is 0 Å². The van der Waals surface area contributed by atoms with E-state index in [9.17, 15) is 9.59 Å². The lowest BCUT2D eigenvalue weighted by atomic mass is 10.1. The van der Waals surface area contributed by atoms with Crippen molar-refractivity contribution >= 4 is 16.9 Å². The predicted molar refractivity (Wildman–Crippen MR) is 104 cm³/mol. The highest BCUT2D eigenvalue weighted by molar-refractivity contribution is 5.94. The fraction of sp³-hybridized carbons (Fsp3) is 0.286. The maximum atomic E-state index is 12.6. The van der Waals surface area contributed by atoms with Crippen molar-refractivity contribution in [2.45, 2.75) is 20.3 Å². The van der Waals surface area contributed by atoms with E-state index in [0.717, 1.165) is 17.5 Å². The number of benzene rings is 2. The van der Waals surface area contributed by atoms with Crippen LogP contribution in [0.2, 0.25) is 0 Å². The van der Waals surface area contributed by atoms with Crippen LogP contribution < -0.4 is 10.9 Å². The van der Waals surface area contributed by atoms with Gasteiger partial charge in [0.1, 0.15) is 5.69 Å². The van der Waals surface area contributed by atoms with Gasteiger partial charge in [-0.3, -0.25) is 9.59 Å². The lowest BCUT2D eigenvalue weighted by Gasteiger charge is -2.09. The van der Waals surface area contributed by atoms with E-state index in [1.165, 1.54) is 0 Å². The number of hydrogen-bond donors (Lipinski definition) is 1. The van der Waals surface area contributed by atoms with Crippen LogP contribution in [-0.4, -0.2) is 22.0 Å². The molecule has 0 atom stereocenters. The topological polar surface area (TPSA) is 64.0 Å². The molecule has 0 fully saturated rings. The number of para-hydroxylation sites is 2. The fourth-order valence-corrected chi connectivity index (χ4v) is 2.82. The maximum absolute atomic E-state index is 12.6. The van der Waals surface area contributed by atoms with Gasteiger partial charge in [0.2, 0.25) is 0 Å². The molecule has 0 spiro atoms. The summed E-state index contributed by atoms with van der Waals surface area (Å²) in [5, 5.41) is 2.91. The molecule has 0 aliphatic rings. The van der Waals surface area contributed by atoms with Crippen molar-refractivity contribution in [2.24, 2.45) is 13.0 Å². The van der Waals surface area contributed by atoms with Gasteiger partial charge in [-0.05, 0) is 36.6 Å². The normalized spacial score (nSPS) is 11.1. The molecule has 3 rings (SSSR count). The molecule has 0 saturated heterocycles. The zero-order valence-corrected chi connectivity index (χ0v) is 15.3. The van der Waals surface area contributed by atoms with Crippen LogP contribution in [0.5, 0.6) is 0 Å². The summed E-state index contributed by atoms with van der Waals surface area (Å²) in [5.41, 5.74) is 3.07. The van der Waals surface area contributed by atoms with E-state index < -0.39 is 0 Å². The van der Waals surface area contributed by atoms with Gasteiger partial charge < -0.3 is 9.88 Å². The lowest BCUT2D eigenvalue weighted by Crippen LogP contribution is -2.25. The monoisotopic (exact) mass is 349 g/mol. The second-order valence-electron chi connectivity index (χ2n) is 6.83. The smallest absolute Gasteiger partial charge is 0.277 e. The average molecular weight is 349 g/mol. The summed E-state index contributed by atoms with van der Waals surface area (Å²) in [6.45, 7) is 4.90. The third-order valence-electron chi connectivity index (χ3n) is 4.41. The summed E-state index contributed by atoms with van der Waals surface area (Å²) in [4.78, 5) is 29.3. The molecule has 0 saturated carbocycles. The molecular formula is C21H23N3O2. The zero-order chi connectivity index (χ0) is 18.7. The summed E-state index contributed by atoms with van der Waals surface area (Å²) in [7, 11) is 1.74. The van der Waals surface area contributed by atoms with Crippen LogP contribution in [0.4, 0.5) is 0 Å². The molecule has 3 aromatic rings. The number of amides is 1. The van der Waals surface area contributed by atoms with Crippen molar-refractivity contribution in [3.8, 4) is 11.3 Å². The van der Waals surface area contributed by atoms with Gasteiger partial charge in [0.05, 0.1) is 11.0 Å². The van der Waals surface area contributed by atoms with E-state index in [1.54, 1.807) is 35.9 Å². The van der Waals surface area contributed by atoms with Crippen molar-refractivity contribution < 1.29 is 4.79 Å². The third kappa shape index (κ3) is 3.67. The Morgan fingerprint density at radius 3 is 2.50 bits per heavy atom. The fourth-order valence-electron chi connectivity index (χ4n) is 2.82. The molecule has 2 aromatic carbocycles. The second-order valence-corrected chi connectivity index (χ2v) is 6.83. The van der Waals surface area contributed by atoms with Crippen LogP contribution in [0, 0.1) is 5.92 Å². The molecular weight excluding hydrogens is 326 g/mol. The van der Waals surface area contributed by atoms with Gasteiger partial charge in [-0.25, -0.2) is 4.98 Å². The molecule has 134 valence electrons. The number of fused-ring (bicyclic) bond motifs is 1. The van der Waals surface area contributed by atoms with Gasteiger partial charge in [0.15, 0.2) is 0 Å². The molecule has 0 aliphatic heterocycles. The quantitative estimate of drug-likeness (QED) is 0.768. The van der Waals surface area contributed by atoms with Gasteiger partial charge in [-0.2, -0.15) is 0 Å². The number of aryl methyl sites for hydroxylation is 1. The number of nitrogens with one attached hydrogen (secondary N) is 1. The number of aromatic nitrogens is 2. The summed E-state index contributed by atoms with van der Waals surface area (Å²) in [6.07, 6.45) is 0.945. The number of carbonyl (C=O) groups excluding carboxylic acids is 1. The first-order chi connectivity index (χ1) is 12.5. The molecule has 5 heteroatoms. The van der Waals surface area contributed by atoms with Crippen molar-refractivity contribution in [1.82, 2.24) is 14.9 Å². The van der Waals surface area contributed by atoms with Gasteiger partial charge in [-0.15, -0.1) is 0 Å². The Balaban J connectivity index is 1.87. The molecule has 26 heavy (non-hydrogen) atoms. The third-order valence-corrected chi connectivity index (χ3v) is 4.41. The first-order valence-electron chi connectivity index (χ1n) is 8.82. The Bertz CT molecular complexity index is 988. The molecule has 0 aliphatic carbocycles. The minimum Gasteiger partial charge on any atom is -0.352 e. The number of carbonyl (C=O) groups is 1. The largest absolute Gasteiger partial charge is 0.352 e. The minimum absolute atomic E-state index is 0.100. The van der Waals surface area contributed by atoms with Crippen LogP contribution in [-0.2, 0) is 7.05 Å². The van der Waals surface area contributed by atoms with E-state index in [-0.39, 0.29) is 11.5 Å². The van der Waals surface area contributed by atoms with E-state index in [4.69, 9.17) is 0 Å². The number of nitrogens with zero attached hydrogens (tertiary/aromatic N) is 2. The molecule has 1 amide bonds. The van der Waals surface area contributed by atoms with Gasteiger partial charge >= 0.3 is 0 Å². The summed E-state index contributed by atoms with van der Waals surface area (Å²) in [6, 6.07) is 14.6. The van der Waals surface area contributed by atoms with E-state index >= 15 is 0 Å². The Morgan fingerprint density at radius 1 is 1.12 bits per heavy atom. The van der Waals surface area contributed by atoms with Gasteiger partial charge in [-0.1, -0.05) is 38.1 Å².